The molecular formula is C14H19FN4. The van der Waals surface area contributed by atoms with Gasteiger partial charge in [0.05, 0.1) is 17.4 Å². The lowest BCUT2D eigenvalue weighted by molar-refractivity contribution is 0.617. The molecule has 0 radical (unpaired) electrons. The molecule has 5 heteroatoms. The van der Waals surface area contributed by atoms with Gasteiger partial charge in [0.25, 0.3) is 0 Å². The van der Waals surface area contributed by atoms with Crippen molar-refractivity contribution in [1.29, 1.82) is 0 Å². The number of benzene rings is 1. The van der Waals surface area contributed by atoms with Crippen LogP contribution in [-0.4, -0.2) is 15.0 Å². The van der Waals surface area contributed by atoms with Gasteiger partial charge in [0.15, 0.2) is 0 Å². The molecule has 1 aromatic heterocycles. The molecule has 0 bridgehead atoms. The summed E-state index contributed by atoms with van der Waals surface area (Å²) in [7, 11) is 0. The molecule has 0 aliphatic carbocycles. The van der Waals surface area contributed by atoms with E-state index in [9.17, 15) is 4.39 Å². The lowest BCUT2D eigenvalue weighted by atomic mass is 10.1. The van der Waals surface area contributed by atoms with E-state index in [0.717, 1.165) is 29.9 Å². The molecule has 0 saturated carbocycles. The van der Waals surface area contributed by atoms with Gasteiger partial charge in [-0.3, -0.25) is 0 Å². The molecule has 0 aliphatic heterocycles. The van der Waals surface area contributed by atoms with Crippen molar-refractivity contribution >= 4 is 0 Å². The third kappa shape index (κ3) is 2.51. The van der Waals surface area contributed by atoms with E-state index in [1.807, 2.05) is 13.8 Å². The highest BCUT2D eigenvalue weighted by atomic mass is 19.1. The number of halogens is 1. The number of rotatable bonds is 4. The molecule has 0 fully saturated rings. The minimum Gasteiger partial charge on any atom is -0.323 e. The fraction of sp³-hybridized carbons (Fsp3) is 0.429. The van der Waals surface area contributed by atoms with Gasteiger partial charge in [-0.1, -0.05) is 19.1 Å². The van der Waals surface area contributed by atoms with Gasteiger partial charge in [0.1, 0.15) is 11.5 Å². The van der Waals surface area contributed by atoms with Crippen LogP contribution in [0, 0.1) is 12.7 Å². The molecule has 1 aromatic carbocycles. The SMILES string of the molecule is CCc1c(C(N)CC)nnn1-c1ccc(F)c(C)c1. The van der Waals surface area contributed by atoms with E-state index in [4.69, 9.17) is 5.73 Å². The van der Waals surface area contributed by atoms with Gasteiger partial charge < -0.3 is 5.73 Å². The molecule has 102 valence electrons. The Balaban J connectivity index is 2.50. The highest BCUT2D eigenvalue weighted by molar-refractivity contribution is 5.37. The summed E-state index contributed by atoms with van der Waals surface area (Å²) in [4.78, 5) is 0. The summed E-state index contributed by atoms with van der Waals surface area (Å²) in [5, 5.41) is 8.34. The van der Waals surface area contributed by atoms with Crippen molar-refractivity contribution in [3.05, 3.63) is 41.0 Å². The summed E-state index contributed by atoms with van der Waals surface area (Å²) in [5.41, 5.74) is 9.26. The highest BCUT2D eigenvalue weighted by Crippen LogP contribution is 2.21. The Morgan fingerprint density at radius 2 is 2.11 bits per heavy atom. The Hall–Kier alpha value is -1.75. The van der Waals surface area contributed by atoms with Crippen LogP contribution >= 0.6 is 0 Å². The molecule has 0 saturated heterocycles. The minimum atomic E-state index is -0.215. The third-order valence-electron chi connectivity index (χ3n) is 3.31. The zero-order valence-corrected chi connectivity index (χ0v) is 11.5. The van der Waals surface area contributed by atoms with Gasteiger partial charge in [-0.2, -0.15) is 0 Å². The highest BCUT2D eigenvalue weighted by Gasteiger charge is 2.17. The molecule has 2 aromatic rings. The quantitative estimate of drug-likeness (QED) is 0.921. The first-order chi connectivity index (χ1) is 9.08. The Bertz CT molecular complexity index is 577. The number of hydrogen-bond donors (Lipinski definition) is 1. The number of nitrogens with two attached hydrogens (primary N) is 1. The van der Waals surface area contributed by atoms with Crippen LogP contribution in [0.1, 0.15) is 43.3 Å². The Morgan fingerprint density at radius 3 is 2.68 bits per heavy atom. The average molecular weight is 262 g/mol. The van der Waals surface area contributed by atoms with Crippen LogP contribution in [0.3, 0.4) is 0 Å². The van der Waals surface area contributed by atoms with E-state index in [2.05, 4.69) is 10.3 Å². The minimum absolute atomic E-state index is 0.106. The van der Waals surface area contributed by atoms with Crippen molar-refractivity contribution in [3.8, 4) is 5.69 Å². The van der Waals surface area contributed by atoms with Crippen LogP contribution in [0.5, 0.6) is 0 Å². The van der Waals surface area contributed by atoms with Crippen LogP contribution < -0.4 is 5.73 Å². The van der Waals surface area contributed by atoms with Gasteiger partial charge >= 0.3 is 0 Å². The normalized spacial score (nSPS) is 12.7. The van der Waals surface area contributed by atoms with E-state index >= 15 is 0 Å². The van der Waals surface area contributed by atoms with Crippen LogP contribution in [0.15, 0.2) is 18.2 Å². The first-order valence-electron chi connectivity index (χ1n) is 6.55. The first-order valence-corrected chi connectivity index (χ1v) is 6.55. The molecule has 2 rings (SSSR count). The standard InChI is InChI=1S/C14H19FN4/c1-4-12(16)14-13(5-2)19(18-17-14)10-6-7-11(15)9(3)8-10/h6-8,12H,4-5,16H2,1-3H3. The molecule has 1 atom stereocenters. The van der Waals surface area contributed by atoms with Gasteiger partial charge in [-0.25, -0.2) is 9.07 Å². The van der Waals surface area contributed by atoms with Crippen LogP contribution in [0.2, 0.25) is 0 Å². The van der Waals surface area contributed by atoms with E-state index in [0.29, 0.717) is 5.56 Å². The second-order valence-electron chi connectivity index (χ2n) is 4.63. The molecular weight excluding hydrogens is 243 g/mol. The maximum Gasteiger partial charge on any atom is 0.126 e. The second kappa shape index (κ2) is 5.48. The lowest BCUT2D eigenvalue weighted by Gasteiger charge is -2.10. The Labute approximate surface area is 112 Å². The summed E-state index contributed by atoms with van der Waals surface area (Å²) < 4.78 is 15.1. The Morgan fingerprint density at radius 1 is 1.37 bits per heavy atom. The van der Waals surface area contributed by atoms with Gasteiger partial charge in [-0.15, -0.1) is 5.10 Å². The fourth-order valence-corrected chi connectivity index (χ4v) is 2.09. The topological polar surface area (TPSA) is 56.7 Å². The smallest absolute Gasteiger partial charge is 0.126 e. The number of hydrogen-bond acceptors (Lipinski definition) is 3. The number of nitrogens with zero attached hydrogens (tertiary/aromatic N) is 3. The second-order valence-corrected chi connectivity index (χ2v) is 4.63. The van der Waals surface area contributed by atoms with Gasteiger partial charge in [-0.05, 0) is 43.5 Å². The van der Waals surface area contributed by atoms with Gasteiger partial charge in [0.2, 0.25) is 0 Å². The Kier molecular flexibility index (Phi) is 3.95. The van der Waals surface area contributed by atoms with E-state index in [1.54, 1.807) is 23.7 Å². The van der Waals surface area contributed by atoms with E-state index in [-0.39, 0.29) is 11.9 Å². The third-order valence-corrected chi connectivity index (χ3v) is 3.31. The molecule has 4 nitrogen and oxygen atoms in total. The zero-order valence-electron chi connectivity index (χ0n) is 11.5. The lowest BCUT2D eigenvalue weighted by Crippen LogP contribution is -2.12. The van der Waals surface area contributed by atoms with Crippen LogP contribution in [0.25, 0.3) is 5.69 Å². The zero-order chi connectivity index (χ0) is 14.0. The number of aryl methyl sites for hydroxylation is 1. The van der Waals surface area contributed by atoms with Crippen molar-refractivity contribution in [3.63, 3.8) is 0 Å². The van der Waals surface area contributed by atoms with Crippen molar-refractivity contribution in [2.24, 2.45) is 5.73 Å². The molecule has 0 aliphatic rings. The van der Waals surface area contributed by atoms with Crippen LogP contribution in [0.4, 0.5) is 4.39 Å². The van der Waals surface area contributed by atoms with Gasteiger partial charge in [0, 0.05) is 0 Å². The fourth-order valence-electron chi connectivity index (χ4n) is 2.09. The molecule has 1 heterocycles. The van der Waals surface area contributed by atoms with Crippen LogP contribution in [-0.2, 0) is 6.42 Å². The number of aromatic nitrogens is 3. The van der Waals surface area contributed by atoms with Crippen molar-refractivity contribution in [2.45, 2.75) is 39.7 Å². The van der Waals surface area contributed by atoms with Crippen molar-refractivity contribution in [2.75, 3.05) is 0 Å². The van der Waals surface area contributed by atoms with Crippen molar-refractivity contribution in [1.82, 2.24) is 15.0 Å². The maximum absolute atomic E-state index is 13.3. The van der Waals surface area contributed by atoms with E-state index < -0.39 is 0 Å². The molecule has 1 unspecified atom stereocenters. The maximum atomic E-state index is 13.3. The van der Waals surface area contributed by atoms with Crippen molar-refractivity contribution < 1.29 is 4.39 Å². The monoisotopic (exact) mass is 262 g/mol. The summed E-state index contributed by atoms with van der Waals surface area (Å²) in [6, 6.07) is 4.82. The summed E-state index contributed by atoms with van der Waals surface area (Å²) >= 11 is 0. The molecule has 2 N–H and O–H groups in total. The molecule has 19 heavy (non-hydrogen) atoms. The average Bonchev–Trinajstić information content (AvgIpc) is 2.84. The molecule has 0 amide bonds. The summed E-state index contributed by atoms with van der Waals surface area (Å²) in [6.45, 7) is 5.79. The summed E-state index contributed by atoms with van der Waals surface area (Å²) in [5.74, 6) is -0.215. The predicted octanol–water partition coefficient (Wildman–Crippen LogP) is 2.69. The van der Waals surface area contributed by atoms with E-state index in [1.165, 1.54) is 6.07 Å². The summed E-state index contributed by atoms with van der Waals surface area (Å²) in [6.07, 6.45) is 1.60. The first kappa shape index (κ1) is 13.7. The largest absolute Gasteiger partial charge is 0.323 e. The molecule has 0 spiro atoms. The predicted molar refractivity (Wildman–Crippen MR) is 72.7 cm³/mol.